The number of halogens is 1. The molecule has 2 N–H and O–H groups in total. The van der Waals surface area contributed by atoms with E-state index in [1.807, 2.05) is 12.1 Å². The van der Waals surface area contributed by atoms with E-state index in [0.717, 1.165) is 35.3 Å². The number of ether oxygens (including phenoxy) is 2. The van der Waals surface area contributed by atoms with E-state index in [4.69, 9.17) is 14.6 Å². The van der Waals surface area contributed by atoms with Gasteiger partial charge in [-0.3, -0.25) is 0 Å². The van der Waals surface area contributed by atoms with E-state index in [1.165, 1.54) is 0 Å². The first-order valence-electron chi connectivity index (χ1n) is 6.58. The summed E-state index contributed by atoms with van der Waals surface area (Å²) in [5.74, 6) is 0.874. The Kier molecular flexibility index (Phi) is 8.82. The molecule has 1 aromatic rings. The lowest BCUT2D eigenvalue weighted by Crippen LogP contribution is -2.15. The highest BCUT2D eigenvalue weighted by atomic mass is 79.9. The molecule has 0 aliphatic rings. The molecule has 0 unspecified atom stereocenters. The van der Waals surface area contributed by atoms with Crippen LogP contribution in [0, 0.1) is 0 Å². The van der Waals surface area contributed by atoms with Gasteiger partial charge < -0.3 is 19.9 Å². The molecule has 4 nitrogen and oxygen atoms in total. The highest BCUT2D eigenvalue weighted by Crippen LogP contribution is 2.23. The third-order valence-electron chi connectivity index (χ3n) is 2.49. The molecular formula is C14H22BrNO3. The number of aliphatic hydroxyl groups is 1. The van der Waals surface area contributed by atoms with Gasteiger partial charge in [0.25, 0.3) is 0 Å². The molecule has 0 saturated heterocycles. The molecule has 5 heteroatoms. The summed E-state index contributed by atoms with van der Waals surface area (Å²) in [6.45, 7) is 5.30. The van der Waals surface area contributed by atoms with E-state index in [2.05, 4.69) is 34.2 Å². The quantitative estimate of drug-likeness (QED) is 0.646. The molecule has 0 heterocycles. The first kappa shape index (κ1) is 16.4. The van der Waals surface area contributed by atoms with Gasteiger partial charge in [0.15, 0.2) is 0 Å². The van der Waals surface area contributed by atoms with Crippen molar-refractivity contribution >= 4 is 15.9 Å². The molecule has 0 aromatic heterocycles. The summed E-state index contributed by atoms with van der Waals surface area (Å²) in [4.78, 5) is 0. The van der Waals surface area contributed by atoms with E-state index in [-0.39, 0.29) is 6.61 Å². The number of hydrogen-bond donors (Lipinski definition) is 2. The molecule has 0 spiro atoms. The average molecular weight is 332 g/mol. The minimum absolute atomic E-state index is 0.0461. The minimum Gasteiger partial charge on any atom is -0.491 e. The fraction of sp³-hybridized carbons (Fsp3) is 0.571. The molecule has 0 atom stereocenters. The van der Waals surface area contributed by atoms with Gasteiger partial charge in [0.1, 0.15) is 12.4 Å². The van der Waals surface area contributed by atoms with Crippen LogP contribution >= 0.6 is 15.9 Å². The molecular weight excluding hydrogens is 310 g/mol. The maximum absolute atomic E-state index is 8.60. The zero-order valence-corrected chi connectivity index (χ0v) is 12.9. The highest BCUT2D eigenvalue weighted by molar-refractivity contribution is 9.10. The summed E-state index contributed by atoms with van der Waals surface area (Å²) in [5, 5.41) is 12.0. The monoisotopic (exact) mass is 331 g/mol. The maximum Gasteiger partial charge on any atom is 0.123 e. The van der Waals surface area contributed by atoms with Crippen molar-refractivity contribution in [3.05, 3.63) is 28.2 Å². The van der Waals surface area contributed by atoms with Crippen LogP contribution in [0.25, 0.3) is 0 Å². The fourth-order valence-corrected chi connectivity index (χ4v) is 2.01. The van der Waals surface area contributed by atoms with Crippen LogP contribution in [0.2, 0.25) is 0 Å². The van der Waals surface area contributed by atoms with Gasteiger partial charge in [0, 0.05) is 16.6 Å². The first-order valence-corrected chi connectivity index (χ1v) is 7.37. The van der Waals surface area contributed by atoms with Gasteiger partial charge in [-0.25, -0.2) is 0 Å². The summed E-state index contributed by atoms with van der Waals surface area (Å²) in [6, 6.07) is 5.99. The predicted octanol–water partition coefficient (Wildman–Crippen LogP) is 2.34. The van der Waals surface area contributed by atoms with Crippen LogP contribution in [0.15, 0.2) is 22.7 Å². The topological polar surface area (TPSA) is 50.7 Å². The molecule has 0 radical (unpaired) electrons. The zero-order chi connectivity index (χ0) is 13.9. The minimum atomic E-state index is 0.0461. The van der Waals surface area contributed by atoms with Crippen molar-refractivity contribution in [2.45, 2.75) is 19.9 Å². The van der Waals surface area contributed by atoms with Crippen LogP contribution in [-0.4, -0.2) is 38.1 Å². The summed E-state index contributed by atoms with van der Waals surface area (Å²) in [7, 11) is 0. The Labute approximate surface area is 123 Å². The largest absolute Gasteiger partial charge is 0.491 e. The second-order valence-electron chi connectivity index (χ2n) is 4.11. The van der Waals surface area contributed by atoms with Crippen LogP contribution in [0.1, 0.15) is 18.9 Å². The van der Waals surface area contributed by atoms with E-state index < -0.39 is 0 Å². The van der Waals surface area contributed by atoms with Crippen molar-refractivity contribution in [2.24, 2.45) is 0 Å². The van der Waals surface area contributed by atoms with Crippen molar-refractivity contribution in [1.82, 2.24) is 5.32 Å². The molecule has 1 aromatic carbocycles. The summed E-state index contributed by atoms with van der Waals surface area (Å²) < 4.78 is 11.9. The fourth-order valence-electron chi connectivity index (χ4n) is 1.60. The van der Waals surface area contributed by atoms with Crippen LogP contribution in [0.3, 0.4) is 0 Å². The smallest absolute Gasteiger partial charge is 0.123 e. The summed E-state index contributed by atoms with van der Waals surface area (Å²) in [5.41, 5.74) is 1.13. The van der Waals surface area contributed by atoms with Crippen molar-refractivity contribution in [3.8, 4) is 5.75 Å². The van der Waals surface area contributed by atoms with Crippen LogP contribution < -0.4 is 10.1 Å². The number of aliphatic hydroxyl groups excluding tert-OH is 1. The summed E-state index contributed by atoms with van der Waals surface area (Å²) in [6.07, 6.45) is 1.11. The van der Waals surface area contributed by atoms with E-state index in [1.54, 1.807) is 0 Å². The standard InChI is InChI=1S/C14H22BrNO3/c1-2-5-16-11-12-10-13(15)3-4-14(12)19-9-8-18-7-6-17/h3-4,10,16-17H,2,5-9,11H2,1H3. The molecule has 0 fully saturated rings. The van der Waals surface area contributed by atoms with E-state index >= 15 is 0 Å². The van der Waals surface area contributed by atoms with Gasteiger partial charge in [-0.15, -0.1) is 0 Å². The van der Waals surface area contributed by atoms with Crippen molar-refractivity contribution < 1.29 is 14.6 Å². The molecule has 19 heavy (non-hydrogen) atoms. The normalized spacial score (nSPS) is 10.7. The molecule has 0 bridgehead atoms. The number of benzene rings is 1. The molecule has 0 aliphatic heterocycles. The summed E-state index contributed by atoms with van der Waals surface area (Å²) >= 11 is 3.47. The van der Waals surface area contributed by atoms with Crippen LogP contribution in [0.4, 0.5) is 0 Å². The van der Waals surface area contributed by atoms with Crippen molar-refractivity contribution in [3.63, 3.8) is 0 Å². The van der Waals surface area contributed by atoms with Crippen LogP contribution in [0.5, 0.6) is 5.75 Å². The molecule has 0 amide bonds. The SMILES string of the molecule is CCCNCc1cc(Br)ccc1OCCOCCO. The Morgan fingerprint density at radius 1 is 1.26 bits per heavy atom. The van der Waals surface area contributed by atoms with E-state index in [9.17, 15) is 0 Å². The first-order chi connectivity index (χ1) is 9.27. The zero-order valence-electron chi connectivity index (χ0n) is 11.3. The lowest BCUT2D eigenvalue weighted by Gasteiger charge is -2.12. The van der Waals surface area contributed by atoms with Crippen molar-refractivity contribution in [2.75, 3.05) is 33.0 Å². The van der Waals surface area contributed by atoms with Gasteiger partial charge in [0.2, 0.25) is 0 Å². The average Bonchev–Trinajstić information content (AvgIpc) is 2.41. The maximum atomic E-state index is 8.60. The van der Waals surface area contributed by atoms with Gasteiger partial charge in [0.05, 0.1) is 19.8 Å². The number of nitrogens with one attached hydrogen (secondary N) is 1. The molecule has 0 aliphatic carbocycles. The van der Waals surface area contributed by atoms with E-state index in [0.29, 0.717) is 19.8 Å². The number of hydrogen-bond acceptors (Lipinski definition) is 4. The molecule has 0 saturated carbocycles. The predicted molar refractivity (Wildman–Crippen MR) is 79.5 cm³/mol. The second kappa shape index (κ2) is 10.2. The van der Waals surface area contributed by atoms with Gasteiger partial charge in [-0.2, -0.15) is 0 Å². The Bertz CT molecular complexity index is 361. The van der Waals surface area contributed by atoms with Gasteiger partial charge in [-0.1, -0.05) is 22.9 Å². The van der Waals surface area contributed by atoms with Crippen LogP contribution in [-0.2, 0) is 11.3 Å². The Hall–Kier alpha value is -0.620. The molecule has 1 rings (SSSR count). The van der Waals surface area contributed by atoms with Gasteiger partial charge >= 0.3 is 0 Å². The van der Waals surface area contributed by atoms with Gasteiger partial charge in [-0.05, 0) is 31.2 Å². The molecule has 108 valence electrons. The second-order valence-corrected chi connectivity index (χ2v) is 5.03. The highest BCUT2D eigenvalue weighted by Gasteiger charge is 2.04. The lowest BCUT2D eigenvalue weighted by molar-refractivity contribution is 0.0703. The Morgan fingerprint density at radius 2 is 2.11 bits per heavy atom. The Balaban J connectivity index is 2.45. The Morgan fingerprint density at radius 3 is 2.84 bits per heavy atom. The third kappa shape index (κ3) is 6.92. The van der Waals surface area contributed by atoms with Crippen molar-refractivity contribution in [1.29, 1.82) is 0 Å². The third-order valence-corrected chi connectivity index (χ3v) is 2.98. The lowest BCUT2D eigenvalue weighted by atomic mass is 10.2. The number of rotatable bonds is 10.